The molecule has 2 aliphatic rings. The molecular weight excluding hydrogens is 291 g/mol. The number of piperidine rings is 1. The summed E-state index contributed by atoms with van der Waals surface area (Å²) >= 11 is 0. The number of nitrogen functional groups attached to an aromatic ring is 1. The maximum absolute atomic E-state index is 13.4. The smallest absolute Gasteiger partial charge is 0.245 e. The highest BCUT2D eigenvalue weighted by Gasteiger charge is 2.40. The molecule has 3 rings (SSSR count). The second-order valence-corrected chi connectivity index (χ2v) is 7.91. The highest BCUT2D eigenvalue weighted by molar-refractivity contribution is 7.89. The van der Waals surface area contributed by atoms with Gasteiger partial charge in [-0.2, -0.15) is 4.31 Å². The summed E-state index contributed by atoms with van der Waals surface area (Å²) in [6.45, 7) is 0.513. The van der Waals surface area contributed by atoms with E-state index in [9.17, 15) is 12.8 Å². The van der Waals surface area contributed by atoms with Crippen LogP contribution in [0.25, 0.3) is 0 Å². The summed E-state index contributed by atoms with van der Waals surface area (Å²) in [4.78, 5) is -0.0891. The Balaban J connectivity index is 1.98. The number of nitrogens with zero attached hydrogens (tertiary/aromatic N) is 1. The van der Waals surface area contributed by atoms with Gasteiger partial charge in [0.15, 0.2) is 0 Å². The van der Waals surface area contributed by atoms with Crippen molar-refractivity contribution in [2.75, 3.05) is 12.3 Å². The SMILES string of the molecule is Nc1ccc(F)cc1S(=O)(=O)N1CCCC2CCCCC21. The van der Waals surface area contributed by atoms with E-state index in [-0.39, 0.29) is 16.6 Å². The lowest BCUT2D eigenvalue weighted by molar-refractivity contribution is 0.129. The van der Waals surface area contributed by atoms with Crippen LogP contribution in [-0.4, -0.2) is 25.3 Å². The molecule has 0 aromatic heterocycles. The third-order valence-corrected chi connectivity index (χ3v) is 6.73. The molecule has 2 unspecified atom stereocenters. The van der Waals surface area contributed by atoms with Crippen LogP contribution in [0.5, 0.6) is 0 Å². The van der Waals surface area contributed by atoms with Crippen molar-refractivity contribution < 1.29 is 12.8 Å². The predicted molar refractivity (Wildman–Crippen MR) is 79.7 cm³/mol. The number of nitrogens with two attached hydrogens (primary N) is 1. The average molecular weight is 312 g/mol. The fraction of sp³-hybridized carbons (Fsp3) is 0.600. The van der Waals surface area contributed by atoms with Gasteiger partial charge < -0.3 is 5.73 Å². The molecule has 1 saturated carbocycles. The van der Waals surface area contributed by atoms with Crippen molar-refractivity contribution in [1.29, 1.82) is 0 Å². The molecule has 0 radical (unpaired) electrons. The lowest BCUT2D eigenvalue weighted by atomic mass is 9.79. The van der Waals surface area contributed by atoms with Crippen molar-refractivity contribution in [3.8, 4) is 0 Å². The number of fused-ring (bicyclic) bond motifs is 1. The second kappa shape index (κ2) is 5.57. The van der Waals surface area contributed by atoms with Crippen molar-refractivity contribution >= 4 is 15.7 Å². The van der Waals surface area contributed by atoms with Crippen LogP contribution in [-0.2, 0) is 10.0 Å². The van der Waals surface area contributed by atoms with E-state index < -0.39 is 15.8 Å². The lowest BCUT2D eigenvalue weighted by Gasteiger charge is -2.43. The Labute approximate surface area is 125 Å². The molecule has 1 aliphatic heterocycles. The number of anilines is 1. The summed E-state index contributed by atoms with van der Waals surface area (Å²) in [5.41, 5.74) is 5.90. The molecule has 0 spiro atoms. The first-order valence-corrected chi connectivity index (χ1v) is 9.01. The third-order valence-electron chi connectivity index (χ3n) is 4.75. The maximum atomic E-state index is 13.4. The number of benzene rings is 1. The normalized spacial score (nSPS) is 27.3. The van der Waals surface area contributed by atoms with Gasteiger partial charge in [0.1, 0.15) is 10.7 Å². The minimum atomic E-state index is -3.72. The minimum Gasteiger partial charge on any atom is -0.398 e. The van der Waals surface area contributed by atoms with Gasteiger partial charge in [-0.25, -0.2) is 12.8 Å². The average Bonchev–Trinajstić information content (AvgIpc) is 2.49. The van der Waals surface area contributed by atoms with Crippen molar-refractivity contribution in [2.24, 2.45) is 5.92 Å². The Bertz CT molecular complexity index is 631. The first-order valence-electron chi connectivity index (χ1n) is 7.57. The largest absolute Gasteiger partial charge is 0.398 e. The first kappa shape index (κ1) is 14.8. The van der Waals surface area contributed by atoms with E-state index in [1.165, 1.54) is 18.6 Å². The summed E-state index contributed by atoms with van der Waals surface area (Å²) in [5.74, 6) is -0.128. The molecule has 6 heteroatoms. The van der Waals surface area contributed by atoms with E-state index in [2.05, 4.69) is 0 Å². The van der Waals surface area contributed by atoms with Gasteiger partial charge >= 0.3 is 0 Å². The molecule has 21 heavy (non-hydrogen) atoms. The fourth-order valence-corrected chi connectivity index (χ4v) is 5.62. The van der Waals surface area contributed by atoms with E-state index in [1.54, 1.807) is 4.31 Å². The molecule has 4 nitrogen and oxygen atoms in total. The van der Waals surface area contributed by atoms with Crippen LogP contribution in [0.1, 0.15) is 38.5 Å². The summed E-state index contributed by atoms with van der Waals surface area (Å²) in [6.07, 6.45) is 6.20. The zero-order chi connectivity index (χ0) is 15.0. The topological polar surface area (TPSA) is 63.4 Å². The fourth-order valence-electron chi connectivity index (χ4n) is 3.74. The molecule has 2 N–H and O–H groups in total. The number of hydrogen-bond donors (Lipinski definition) is 1. The molecule has 0 bridgehead atoms. The van der Waals surface area contributed by atoms with Gasteiger partial charge in [0.2, 0.25) is 10.0 Å². The van der Waals surface area contributed by atoms with Crippen molar-refractivity contribution in [3.63, 3.8) is 0 Å². The van der Waals surface area contributed by atoms with Gasteiger partial charge in [0, 0.05) is 12.6 Å². The van der Waals surface area contributed by atoms with E-state index in [1.807, 2.05) is 0 Å². The van der Waals surface area contributed by atoms with Crippen LogP contribution in [0.3, 0.4) is 0 Å². The minimum absolute atomic E-state index is 0.0557. The van der Waals surface area contributed by atoms with Crippen LogP contribution < -0.4 is 5.73 Å². The zero-order valence-corrected chi connectivity index (χ0v) is 12.8. The molecule has 116 valence electrons. The maximum Gasteiger partial charge on any atom is 0.245 e. The highest BCUT2D eigenvalue weighted by Crippen LogP contribution is 2.38. The Morgan fingerprint density at radius 2 is 1.86 bits per heavy atom. The van der Waals surface area contributed by atoms with Gasteiger partial charge in [-0.05, 0) is 49.8 Å². The summed E-state index contributed by atoms with van der Waals surface area (Å²) in [5, 5.41) is 0. The van der Waals surface area contributed by atoms with E-state index >= 15 is 0 Å². The second-order valence-electron chi connectivity index (χ2n) is 6.05. The molecule has 1 aromatic rings. The Morgan fingerprint density at radius 3 is 2.67 bits per heavy atom. The van der Waals surface area contributed by atoms with E-state index in [0.717, 1.165) is 38.2 Å². The van der Waals surface area contributed by atoms with Crippen molar-refractivity contribution in [1.82, 2.24) is 4.31 Å². The summed E-state index contributed by atoms with van der Waals surface area (Å²) in [6, 6.07) is 3.61. The zero-order valence-electron chi connectivity index (χ0n) is 12.0. The molecule has 1 heterocycles. The summed E-state index contributed by atoms with van der Waals surface area (Å²) < 4.78 is 40.8. The molecule has 0 amide bonds. The van der Waals surface area contributed by atoms with Crippen LogP contribution in [0.4, 0.5) is 10.1 Å². The van der Waals surface area contributed by atoms with Crippen LogP contribution in [0.2, 0.25) is 0 Å². The number of sulfonamides is 1. The molecular formula is C15H21FN2O2S. The van der Waals surface area contributed by atoms with Crippen LogP contribution in [0, 0.1) is 11.7 Å². The third kappa shape index (κ3) is 2.66. The Hall–Kier alpha value is -1.14. The molecule has 1 aliphatic carbocycles. The number of hydrogen-bond acceptors (Lipinski definition) is 3. The highest BCUT2D eigenvalue weighted by atomic mass is 32.2. The van der Waals surface area contributed by atoms with Crippen molar-refractivity contribution in [2.45, 2.75) is 49.5 Å². The number of rotatable bonds is 2. The standard InChI is InChI=1S/C15H21FN2O2S/c16-12-7-8-13(17)15(10-12)21(19,20)18-9-3-5-11-4-1-2-6-14(11)18/h7-8,10-11,14H,1-6,9,17H2. The number of halogens is 1. The van der Waals surface area contributed by atoms with Gasteiger partial charge in [-0.3, -0.25) is 0 Å². The van der Waals surface area contributed by atoms with Gasteiger partial charge in [-0.1, -0.05) is 12.8 Å². The summed E-state index contributed by atoms with van der Waals surface area (Å²) in [7, 11) is -3.72. The van der Waals surface area contributed by atoms with Crippen LogP contribution in [0.15, 0.2) is 23.1 Å². The van der Waals surface area contributed by atoms with Crippen LogP contribution >= 0.6 is 0 Å². The Kier molecular flexibility index (Phi) is 3.92. The first-order chi connectivity index (χ1) is 10.00. The molecule has 1 saturated heterocycles. The molecule has 2 atom stereocenters. The van der Waals surface area contributed by atoms with E-state index in [0.29, 0.717) is 12.5 Å². The van der Waals surface area contributed by atoms with Gasteiger partial charge in [0.25, 0.3) is 0 Å². The monoisotopic (exact) mass is 312 g/mol. The molecule has 2 fully saturated rings. The van der Waals surface area contributed by atoms with E-state index in [4.69, 9.17) is 5.73 Å². The van der Waals surface area contributed by atoms with Gasteiger partial charge in [-0.15, -0.1) is 0 Å². The lowest BCUT2D eigenvalue weighted by Crippen LogP contribution is -2.49. The van der Waals surface area contributed by atoms with Crippen molar-refractivity contribution in [3.05, 3.63) is 24.0 Å². The Morgan fingerprint density at radius 1 is 1.14 bits per heavy atom. The van der Waals surface area contributed by atoms with Gasteiger partial charge in [0.05, 0.1) is 5.69 Å². The predicted octanol–water partition coefficient (Wildman–Crippen LogP) is 2.75. The molecule has 1 aromatic carbocycles. The quantitative estimate of drug-likeness (QED) is 0.854.